The summed E-state index contributed by atoms with van der Waals surface area (Å²) in [6.45, 7) is 3.00. The topological polar surface area (TPSA) is 105 Å². The zero-order chi connectivity index (χ0) is 18.7. The van der Waals surface area contributed by atoms with Crippen molar-refractivity contribution in [1.29, 1.82) is 0 Å². The summed E-state index contributed by atoms with van der Waals surface area (Å²) < 4.78 is 26.9. The maximum absolute atomic E-state index is 12.7. The number of nitrogens with two attached hydrogens (primary N) is 1. The maximum Gasteiger partial charge on any atom is 0.270 e. The minimum Gasteiger partial charge on any atom is -0.348 e. The Balaban J connectivity index is 0.00000261. The van der Waals surface area contributed by atoms with Gasteiger partial charge in [0.15, 0.2) is 0 Å². The molecule has 27 heavy (non-hydrogen) atoms. The summed E-state index contributed by atoms with van der Waals surface area (Å²) in [7, 11) is -3.49. The van der Waals surface area contributed by atoms with Crippen LogP contribution in [0.5, 0.6) is 0 Å². The van der Waals surface area contributed by atoms with Gasteiger partial charge >= 0.3 is 0 Å². The van der Waals surface area contributed by atoms with E-state index in [-0.39, 0.29) is 24.4 Å². The molecule has 1 aliphatic heterocycles. The molecule has 0 radical (unpaired) electrons. The highest BCUT2D eigenvalue weighted by Crippen LogP contribution is 2.21. The summed E-state index contributed by atoms with van der Waals surface area (Å²) in [5, 5.41) is 5.34. The molecule has 3 N–H and O–H groups in total. The van der Waals surface area contributed by atoms with Crippen LogP contribution in [0.1, 0.15) is 33.9 Å². The molecule has 1 aromatic heterocycles. The Morgan fingerprint density at radius 2 is 1.93 bits per heavy atom. The lowest BCUT2D eigenvalue weighted by atomic mass is 10.1. The van der Waals surface area contributed by atoms with Crippen molar-refractivity contribution in [1.82, 2.24) is 14.6 Å². The number of rotatable bonds is 5. The highest BCUT2D eigenvalue weighted by Gasteiger charge is 2.30. The third-order valence-electron chi connectivity index (χ3n) is 4.41. The van der Waals surface area contributed by atoms with Crippen molar-refractivity contribution in [2.24, 2.45) is 5.73 Å². The quantitative estimate of drug-likeness (QED) is 0.753. The first-order valence-corrected chi connectivity index (χ1v) is 10.7. The zero-order valence-electron chi connectivity index (χ0n) is 14.9. The molecular formula is C17H23ClN4O3S2. The molecule has 1 amide bonds. The number of hydrogen-bond acceptors (Lipinski definition) is 6. The summed E-state index contributed by atoms with van der Waals surface area (Å²) in [4.78, 5) is 16.7. The van der Waals surface area contributed by atoms with Gasteiger partial charge in [-0.25, -0.2) is 13.4 Å². The van der Waals surface area contributed by atoms with Gasteiger partial charge in [0.1, 0.15) is 10.7 Å². The third-order valence-corrected chi connectivity index (χ3v) is 7.19. The normalized spacial score (nSPS) is 15.9. The fourth-order valence-corrected chi connectivity index (χ4v) is 4.99. The van der Waals surface area contributed by atoms with E-state index >= 15 is 0 Å². The van der Waals surface area contributed by atoms with Crippen LogP contribution in [0.4, 0.5) is 0 Å². The number of thiazole rings is 1. The second-order valence-electron chi connectivity index (χ2n) is 6.30. The van der Waals surface area contributed by atoms with Gasteiger partial charge in [-0.1, -0.05) is 17.7 Å². The van der Waals surface area contributed by atoms with Crippen molar-refractivity contribution in [2.45, 2.75) is 37.2 Å². The molecule has 1 aromatic carbocycles. The summed E-state index contributed by atoms with van der Waals surface area (Å²) in [5.74, 6) is -0.235. The number of carbonyl (C=O) groups excluding carboxylic acids is 1. The standard InChI is InChI=1S/C17H22N4O3S2.ClH/c1-12-2-4-14(5-3-12)26(23,24)21-8-6-13(7-9-21)19-17(22)15-11-25-16(10-18)20-15;/h2-5,11,13H,6-10,18H2,1H3,(H,19,22);1H. The van der Waals surface area contributed by atoms with Gasteiger partial charge < -0.3 is 11.1 Å². The van der Waals surface area contributed by atoms with Crippen LogP contribution in [0.3, 0.4) is 0 Å². The lowest BCUT2D eigenvalue weighted by Crippen LogP contribution is -2.46. The molecule has 0 aliphatic carbocycles. The number of nitrogens with one attached hydrogen (secondary N) is 1. The van der Waals surface area contributed by atoms with Gasteiger partial charge in [-0.2, -0.15) is 4.31 Å². The summed E-state index contributed by atoms with van der Waals surface area (Å²) in [5.41, 5.74) is 6.90. The van der Waals surface area contributed by atoms with Crippen LogP contribution in [0.15, 0.2) is 34.5 Å². The fourth-order valence-electron chi connectivity index (χ4n) is 2.87. The van der Waals surface area contributed by atoms with Gasteiger partial charge in [-0.3, -0.25) is 4.79 Å². The Morgan fingerprint density at radius 1 is 1.30 bits per heavy atom. The summed E-state index contributed by atoms with van der Waals surface area (Å²) in [6.07, 6.45) is 1.15. The highest BCUT2D eigenvalue weighted by molar-refractivity contribution is 7.89. The molecule has 0 spiro atoms. The monoisotopic (exact) mass is 430 g/mol. The number of piperidine rings is 1. The largest absolute Gasteiger partial charge is 0.348 e. The van der Waals surface area contributed by atoms with Crippen molar-refractivity contribution < 1.29 is 13.2 Å². The number of hydrogen-bond donors (Lipinski definition) is 2. The molecular weight excluding hydrogens is 408 g/mol. The third kappa shape index (κ3) is 5.05. The van der Waals surface area contributed by atoms with E-state index in [0.717, 1.165) is 5.56 Å². The number of nitrogens with zero attached hydrogens (tertiary/aromatic N) is 2. The average molecular weight is 431 g/mol. The van der Waals surface area contributed by atoms with E-state index in [1.165, 1.54) is 15.6 Å². The average Bonchev–Trinajstić information content (AvgIpc) is 3.12. The van der Waals surface area contributed by atoms with Gasteiger partial charge in [0.05, 0.1) is 4.90 Å². The maximum atomic E-state index is 12.7. The van der Waals surface area contributed by atoms with Gasteiger partial charge in [0, 0.05) is 31.1 Å². The van der Waals surface area contributed by atoms with Crippen LogP contribution in [-0.2, 0) is 16.6 Å². The first kappa shape index (κ1) is 21.8. The molecule has 148 valence electrons. The highest BCUT2D eigenvalue weighted by atomic mass is 35.5. The van der Waals surface area contributed by atoms with Gasteiger partial charge in [0.2, 0.25) is 10.0 Å². The predicted octanol–water partition coefficient (Wildman–Crippen LogP) is 1.92. The molecule has 0 bridgehead atoms. The van der Waals surface area contributed by atoms with Crippen molar-refractivity contribution in [3.63, 3.8) is 0 Å². The molecule has 2 heterocycles. The fraction of sp³-hybridized carbons (Fsp3) is 0.412. The van der Waals surface area contributed by atoms with E-state index < -0.39 is 10.0 Å². The van der Waals surface area contributed by atoms with E-state index in [2.05, 4.69) is 10.3 Å². The number of sulfonamides is 1. The SMILES string of the molecule is Cc1ccc(S(=O)(=O)N2CCC(NC(=O)c3csc(CN)n3)CC2)cc1.Cl. The second-order valence-corrected chi connectivity index (χ2v) is 9.18. The van der Waals surface area contributed by atoms with Crippen LogP contribution in [-0.4, -0.2) is 42.7 Å². The Hall–Kier alpha value is -1.52. The molecule has 0 atom stereocenters. The van der Waals surface area contributed by atoms with E-state index in [1.54, 1.807) is 29.6 Å². The molecule has 1 fully saturated rings. The number of aryl methyl sites for hydroxylation is 1. The Bertz CT molecular complexity index is 876. The van der Waals surface area contributed by atoms with Gasteiger partial charge in [0.25, 0.3) is 5.91 Å². The number of carbonyl (C=O) groups is 1. The van der Waals surface area contributed by atoms with E-state index in [1.807, 2.05) is 6.92 Å². The van der Waals surface area contributed by atoms with Crippen LogP contribution >= 0.6 is 23.7 Å². The minimum absolute atomic E-state index is 0. The summed E-state index contributed by atoms with van der Waals surface area (Å²) >= 11 is 1.36. The minimum atomic E-state index is -3.49. The van der Waals surface area contributed by atoms with Crippen LogP contribution in [0.2, 0.25) is 0 Å². The first-order chi connectivity index (χ1) is 12.4. The smallest absolute Gasteiger partial charge is 0.270 e. The van der Waals surface area contributed by atoms with Crippen LogP contribution in [0, 0.1) is 6.92 Å². The molecule has 1 aliphatic rings. The molecule has 0 unspecified atom stereocenters. The zero-order valence-corrected chi connectivity index (χ0v) is 17.4. The summed E-state index contributed by atoms with van der Waals surface area (Å²) in [6, 6.07) is 6.80. The molecule has 2 aromatic rings. The molecule has 10 heteroatoms. The van der Waals surface area contributed by atoms with Gasteiger partial charge in [-0.15, -0.1) is 23.7 Å². The van der Waals surface area contributed by atoms with Crippen molar-refractivity contribution in [2.75, 3.05) is 13.1 Å². The first-order valence-electron chi connectivity index (χ1n) is 8.42. The molecule has 7 nitrogen and oxygen atoms in total. The Labute approximate surface area is 169 Å². The molecule has 3 rings (SSSR count). The predicted molar refractivity (Wildman–Crippen MR) is 108 cm³/mol. The van der Waals surface area contributed by atoms with Crippen molar-refractivity contribution >= 4 is 39.7 Å². The van der Waals surface area contributed by atoms with Gasteiger partial charge in [-0.05, 0) is 31.9 Å². The van der Waals surface area contributed by atoms with E-state index in [4.69, 9.17) is 5.73 Å². The van der Waals surface area contributed by atoms with Crippen molar-refractivity contribution in [3.05, 3.63) is 45.9 Å². The number of aromatic nitrogens is 1. The van der Waals surface area contributed by atoms with Crippen molar-refractivity contribution in [3.8, 4) is 0 Å². The number of halogens is 1. The van der Waals surface area contributed by atoms with Crippen LogP contribution in [0.25, 0.3) is 0 Å². The number of benzene rings is 1. The van der Waals surface area contributed by atoms with E-state index in [0.29, 0.717) is 48.1 Å². The molecule has 0 saturated carbocycles. The number of amides is 1. The van der Waals surface area contributed by atoms with Crippen LogP contribution < -0.4 is 11.1 Å². The Kier molecular flexibility index (Phi) is 7.35. The lowest BCUT2D eigenvalue weighted by Gasteiger charge is -2.31. The molecule has 1 saturated heterocycles. The lowest BCUT2D eigenvalue weighted by molar-refractivity contribution is 0.0919. The Morgan fingerprint density at radius 3 is 2.48 bits per heavy atom. The van der Waals surface area contributed by atoms with E-state index in [9.17, 15) is 13.2 Å². The second kappa shape index (κ2) is 9.11.